The van der Waals surface area contributed by atoms with E-state index in [1.807, 2.05) is 0 Å². The fraction of sp³-hybridized carbons (Fsp3) is 0.636. The second kappa shape index (κ2) is 7.34. The van der Waals surface area contributed by atoms with Crippen LogP contribution in [0.2, 0.25) is 0 Å². The van der Waals surface area contributed by atoms with E-state index >= 15 is 0 Å². The summed E-state index contributed by atoms with van der Waals surface area (Å²) in [4.78, 5) is 44.5. The number of rotatable bonds is 7. The van der Waals surface area contributed by atoms with Crippen molar-refractivity contribution in [3.05, 3.63) is 0 Å². The van der Waals surface area contributed by atoms with Crippen LogP contribution < -0.4 is 16.0 Å². The van der Waals surface area contributed by atoms with Gasteiger partial charge in [0.1, 0.15) is 6.04 Å². The van der Waals surface area contributed by atoms with Gasteiger partial charge in [0.2, 0.25) is 18.2 Å². The van der Waals surface area contributed by atoms with E-state index in [4.69, 9.17) is 0 Å². The van der Waals surface area contributed by atoms with Gasteiger partial charge < -0.3 is 20.7 Å². The monoisotopic (exact) mass is 271 g/mol. The van der Waals surface area contributed by atoms with Crippen molar-refractivity contribution in [2.24, 2.45) is 5.92 Å². The van der Waals surface area contributed by atoms with E-state index in [9.17, 15) is 19.2 Å². The maximum absolute atomic E-state index is 11.6. The number of esters is 1. The molecule has 0 saturated carbocycles. The lowest BCUT2D eigenvalue weighted by molar-refractivity contribution is -0.145. The molecule has 0 radical (unpaired) electrons. The van der Waals surface area contributed by atoms with Crippen molar-refractivity contribution in [2.45, 2.75) is 18.9 Å². The zero-order valence-corrected chi connectivity index (χ0v) is 10.6. The van der Waals surface area contributed by atoms with Gasteiger partial charge >= 0.3 is 5.97 Å². The van der Waals surface area contributed by atoms with Crippen LogP contribution in [-0.4, -0.2) is 50.4 Å². The number of amides is 3. The van der Waals surface area contributed by atoms with Gasteiger partial charge in [0.25, 0.3) is 0 Å². The van der Waals surface area contributed by atoms with Crippen LogP contribution >= 0.6 is 0 Å². The average molecular weight is 271 g/mol. The summed E-state index contributed by atoms with van der Waals surface area (Å²) in [6, 6.07) is -0.889. The third-order valence-electron chi connectivity index (χ3n) is 2.85. The molecule has 0 aromatic rings. The van der Waals surface area contributed by atoms with E-state index < -0.39 is 17.9 Å². The lowest BCUT2D eigenvalue weighted by atomic mass is 9.98. The van der Waals surface area contributed by atoms with Gasteiger partial charge in [0.05, 0.1) is 13.7 Å². The second-order valence-electron chi connectivity index (χ2n) is 4.15. The molecule has 1 saturated heterocycles. The number of ether oxygens (including phenoxy) is 1. The van der Waals surface area contributed by atoms with Crippen LogP contribution in [0.15, 0.2) is 0 Å². The minimum absolute atomic E-state index is 0.130. The molecule has 2 unspecified atom stereocenters. The fourth-order valence-corrected chi connectivity index (χ4v) is 1.89. The normalized spacial score (nSPS) is 19.2. The molecule has 1 aliphatic rings. The third-order valence-corrected chi connectivity index (χ3v) is 2.85. The molecule has 106 valence electrons. The minimum atomic E-state index is -0.889. The highest BCUT2D eigenvalue weighted by molar-refractivity contribution is 5.87. The highest BCUT2D eigenvalue weighted by atomic mass is 16.5. The van der Waals surface area contributed by atoms with Crippen molar-refractivity contribution in [2.75, 3.05) is 20.2 Å². The molecule has 1 fully saturated rings. The van der Waals surface area contributed by atoms with Crippen LogP contribution in [-0.2, 0) is 23.9 Å². The summed E-state index contributed by atoms with van der Waals surface area (Å²) in [6.07, 6.45) is 1.19. The van der Waals surface area contributed by atoms with Gasteiger partial charge in [-0.15, -0.1) is 0 Å². The quantitative estimate of drug-likeness (QED) is 0.363. The van der Waals surface area contributed by atoms with E-state index in [2.05, 4.69) is 20.7 Å². The van der Waals surface area contributed by atoms with E-state index in [1.165, 1.54) is 7.11 Å². The van der Waals surface area contributed by atoms with E-state index in [-0.39, 0.29) is 24.8 Å². The molecule has 0 aromatic carbocycles. The molecular weight excluding hydrogens is 254 g/mol. The van der Waals surface area contributed by atoms with Crippen LogP contribution in [0.1, 0.15) is 12.8 Å². The fourth-order valence-electron chi connectivity index (χ4n) is 1.89. The number of hydrogen-bond donors (Lipinski definition) is 3. The van der Waals surface area contributed by atoms with Crippen molar-refractivity contribution in [3.63, 3.8) is 0 Å². The van der Waals surface area contributed by atoms with E-state index in [1.54, 1.807) is 0 Å². The van der Waals surface area contributed by atoms with Crippen molar-refractivity contribution in [1.29, 1.82) is 0 Å². The molecule has 0 bridgehead atoms. The molecule has 1 aliphatic heterocycles. The Labute approximate surface area is 110 Å². The average Bonchev–Trinajstić information content (AvgIpc) is 2.80. The lowest BCUT2D eigenvalue weighted by Crippen LogP contribution is -2.46. The highest BCUT2D eigenvalue weighted by Gasteiger charge is 2.31. The van der Waals surface area contributed by atoms with Gasteiger partial charge in [0, 0.05) is 12.5 Å². The Morgan fingerprint density at radius 1 is 1.58 bits per heavy atom. The minimum Gasteiger partial charge on any atom is -0.467 e. The molecule has 3 N–H and O–H groups in total. The molecule has 8 heteroatoms. The zero-order valence-electron chi connectivity index (χ0n) is 10.6. The molecule has 0 spiro atoms. The molecule has 19 heavy (non-hydrogen) atoms. The molecule has 2 atom stereocenters. The van der Waals surface area contributed by atoms with Gasteiger partial charge in [-0.3, -0.25) is 14.4 Å². The predicted molar refractivity (Wildman–Crippen MR) is 63.7 cm³/mol. The first-order chi connectivity index (χ1) is 9.08. The van der Waals surface area contributed by atoms with Crippen LogP contribution in [0, 0.1) is 5.92 Å². The molecular formula is C11H17N3O5. The summed E-state index contributed by atoms with van der Waals surface area (Å²) >= 11 is 0. The Bertz CT molecular complexity index is 371. The summed E-state index contributed by atoms with van der Waals surface area (Å²) in [5, 5.41) is 7.28. The maximum atomic E-state index is 11.6. The van der Waals surface area contributed by atoms with Crippen LogP contribution in [0.25, 0.3) is 0 Å². The van der Waals surface area contributed by atoms with Crippen molar-refractivity contribution in [1.82, 2.24) is 16.0 Å². The van der Waals surface area contributed by atoms with Gasteiger partial charge in [-0.1, -0.05) is 0 Å². The van der Waals surface area contributed by atoms with Crippen molar-refractivity contribution >= 4 is 24.2 Å². The third kappa shape index (κ3) is 4.57. The number of nitrogens with one attached hydrogen (secondary N) is 3. The molecule has 8 nitrogen and oxygen atoms in total. The summed E-state index contributed by atoms with van der Waals surface area (Å²) in [6.45, 7) is 0.339. The number of hydrogen-bond acceptors (Lipinski definition) is 5. The lowest BCUT2D eigenvalue weighted by Gasteiger charge is -2.18. The maximum Gasteiger partial charge on any atom is 0.328 e. The first-order valence-electron chi connectivity index (χ1n) is 5.90. The summed E-state index contributed by atoms with van der Waals surface area (Å²) < 4.78 is 4.59. The SMILES string of the molecule is COC(=O)C(CC1CCNC1=O)NC(=O)CNC=O. The Balaban J connectivity index is 2.56. The van der Waals surface area contributed by atoms with Crippen molar-refractivity contribution in [3.8, 4) is 0 Å². The molecule has 1 rings (SSSR count). The van der Waals surface area contributed by atoms with Gasteiger partial charge in [-0.25, -0.2) is 4.79 Å². The standard InChI is InChI=1S/C11H17N3O5/c1-19-11(18)8(14-9(16)5-12-6-15)4-7-2-3-13-10(7)17/h6-8H,2-5H2,1H3,(H,12,15)(H,13,17)(H,14,16). The van der Waals surface area contributed by atoms with Gasteiger partial charge in [0.15, 0.2) is 0 Å². The van der Waals surface area contributed by atoms with Gasteiger partial charge in [-0.2, -0.15) is 0 Å². The zero-order chi connectivity index (χ0) is 14.3. The molecule has 1 heterocycles. The second-order valence-corrected chi connectivity index (χ2v) is 4.15. The van der Waals surface area contributed by atoms with Crippen LogP contribution in [0.5, 0.6) is 0 Å². The van der Waals surface area contributed by atoms with Crippen LogP contribution in [0.3, 0.4) is 0 Å². The Morgan fingerprint density at radius 3 is 2.84 bits per heavy atom. The highest BCUT2D eigenvalue weighted by Crippen LogP contribution is 2.16. The first kappa shape index (κ1) is 14.9. The summed E-state index contributed by atoms with van der Waals surface area (Å²) in [7, 11) is 1.21. The van der Waals surface area contributed by atoms with E-state index in [0.717, 1.165) is 0 Å². The molecule has 3 amide bonds. The topological polar surface area (TPSA) is 114 Å². The van der Waals surface area contributed by atoms with Crippen molar-refractivity contribution < 1.29 is 23.9 Å². The predicted octanol–water partition coefficient (Wildman–Crippen LogP) is -2.08. The first-order valence-corrected chi connectivity index (χ1v) is 5.90. The Morgan fingerprint density at radius 2 is 2.32 bits per heavy atom. The Kier molecular flexibility index (Phi) is 5.77. The largest absolute Gasteiger partial charge is 0.467 e. The number of methoxy groups -OCH3 is 1. The Hall–Kier alpha value is -2.12. The van der Waals surface area contributed by atoms with E-state index in [0.29, 0.717) is 19.4 Å². The molecule has 0 aliphatic carbocycles. The van der Waals surface area contributed by atoms with Gasteiger partial charge in [-0.05, 0) is 12.8 Å². The smallest absolute Gasteiger partial charge is 0.328 e. The number of carbonyl (C=O) groups excluding carboxylic acids is 4. The molecule has 0 aromatic heterocycles. The summed E-state index contributed by atoms with van der Waals surface area (Å²) in [5.74, 6) is -1.57. The van der Waals surface area contributed by atoms with Crippen LogP contribution in [0.4, 0.5) is 0 Å². The summed E-state index contributed by atoms with van der Waals surface area (Å²) in [5.41, 5.74) is 0. The number of carbonyl (C=O) groups is 4.